The number of piperidine rings is 1. The third-order valence-electron chi connectivity index (χ3n) is 8.03. The summed E-state index contributed by atoms with van der Waals surface area (Å²) in [6, 6.07) is 15.9. The standard InChI is InChI=1S/C36H47N3O7S/c1-5-44-35(43)29(16-10-9-13-26-19-20-39(28(21-26)23-40)45-24-27-14-7-6-8-15-27)37-30-25-47-32-18-12-11-17-31(32)38(34(30)42)22-33(41)46-36(2,3)4/h6-8,11-12,14-15,17-18,26,29-30,37H,5,9-10,13,16,19-22,24-25H2,1-4H3/t26?,29-,30+/m1/s1. The van der Waals surface area contributed by atoms with Crippen molar-refractivity contribution in [1.29, 1.82) is 0 Å². The Labute approximate surface area is 282 Å². The first kappa shape index (κ1) is 36.2. The maximum atomic E-state index is 13.9. The fourth-order valence-corrected chi connectivity index (χ4v) is 6.88. The first-order valence-corrected chi connectivity index (χ1v) is 17.4. The zero-order chi connectivity index (χ0) is 33.8. The van der Waals surface area contributed by atoms with Crippen LogP contribution in [0.1, 0.15) is 71.8 Å². The number of hydrogen-bond donors (Lipinski definition) is 1. The topological polar surface area (TPSA) is 114 Å². The summed E-state index contributed by atoms with van der Waals surface area (Å²) in [5, 5.41) is 4.96. The van der Waals surface area contributed by atoms with Crippen LogP contribution in [0.5, 0.6) is 0 Å². The number of hydroxylamine groups is 2. The number of allylic oxidation sites excluding steroid dienone is 1. The minimum absolute atomic E-state index is 0.228. The highest BCUT2D eigenvalue weighted by Crippen LogP contribution is 2.35. The normalized spacial score (nSPS) is 19.0. The van der Waals surface area contributed by atoms with E-state index in [0.29, 0.717) is 49.0 Å². The molecule has 47 heavy (non-hydrogen) atoms. The predicted molar refractivity (Wildman–Crippen MR) is 181 cm³/mol. The summed E-state index contributed by atoms with van der Waals surface area (Å²) in [6.45, 7) is 8.13. The molecule has 0 aromatic heterocycles. The van der Waals surface area contributed by atoms with Gasteiger partial charge in [0.25, 0.3) is 0 Å². The first-order chi connectivity index (χ1) is 22.6. The zero-order valence-corrected chi connectivity index (χ0v) is 28.7. The Balaban J connectivity index is 1.33. The van der Waals surface area contributed by atoms with Crippen LogP contribution in [-0.4, -0.2) is 72.0 Å². The third-order valence-corrected chi connectivity index (χ3v) is 9.19. The van der Waals surface area contributed by atoms with Crippen LogP contribution in [0.3, 0.4) is 0 Å². The second kappa shape index (κ2) is 17.5. The number of nitrogens with one attached hydrogen (secondary N) is 1. The molecule has 11 heteroatoms. The van der Waals surface area contributed by atoms with E-state index in [9.17, 15) is 19.2 Å². The second-order valence-electron chi connectivity index (χ2n) is 12.9. The number of ether oxygens (including phenoxy) is 2. The molecule has 1 fully saturated rings. The van der Waals surface area contributed by atoms with Gasteiger partial charge in [0, 0.05) is 23.6 Å². The van der Waals surface area contributed by atoms with Crippen molar-refractivity contribution in [2.24, 2.45) is 5.92 Å². The van der Waals surface area contributed by atoms with Gasteiger partial charge in [-0.1, -0.05) is 55.3 Å². The molecule has 0 aliphatic carbocycles. The van der Waals surface area contributed by atoms with Crippen molar-refractivity contribution in [3.8, 4) is 0 Å². The lowest BCUT2D eigenvalue weighted by molar-refractivity contribution is -0.155. The molecule has 0 radical (unpaired) electrons. The van der Waals surface area contributed by atoms with Gasteiger partial charge in [0.1, 0.15) is 29.8 Å². The number of nitrogens with zero attached hydrogens (tertiary/aromatic N) is 2. The number of thioether (sulfide) groups is 1. The Morgan fingerprint density at radius 2 is 1.83 bits per heavy atom. The number of carbonyl (C=O) groups is 3. The second-order valence-corrected chi connectivity index (χ2v) is 13.9. The van der Waals surface area contributed by atoms with Crippen LogP contribution in [0.25, 0.3) is 0 Å². The van der Waals surface area contributed by atoms with Crippen molar-refractivity contribution in [2.45, 2.75) is 95.4 Å². The summed E-state index contributed by atoms with van der Waals surface area (Å²) in [5.41, 5.74) is 1.52. The lowest BCUT2D eigenvalue weighted by Gasteiger charge is -2.33. The van der Waals surface area contributed by atoms with Crippen LogP contribution in [0.15, 0.2) is 65.2 Å². The molecular weight excluding hydrogens is 618 g/mol. The zero-order valence-electron chi connectivity index (χ0n) is 27.9. The quantitative estimate of drug-likeness (QED) is 0.158. The van der Waals surface area contributed by atoms with Crippen LogP contribution in [0, 0.1) is 5.92 Å². The van der Waals surface area contributed by atoms with Crippen LogP contribution in [-0.2, 0) is 40.1 Å². The van der Waals surface area contributed by atoms with Crippen LogP contribution in [0.2, 0.25) is 0 Å². The summed E-state index contributed by atoms with van der Waals surface area (Å²) in [4.78, 5) is 59.8. The number of unbranched alkanes of at least 4 members (excludes halogenated alkanes) is 1. The van der Waals surface area contributed by atoms with Crippen LogP contribution in [0.4, 0.5) is 5.69 Å². The van der Waals surface area contributed by atoms with E-state index in [4.69, 9.17) is 14.3 Å². The smallest absolute Gasteiger partial charge is 0.326 e. The summed E-state index contributed by atoms with van der Waals surface area (Å²) >= 11 is 1.51. The van der Waals surface area contributed by atoms with Crippen molar-refractivity contribution in [1.82, 2.24) is 10.4 Å². The van der Waals surface area contributed by atoms with Gasteiger partial charge in [0.15, 0.2) is 0 Å². The number of hydrogen-bond acceptors (Lipinski definition) is 10. The van der Waals surface area contributed by atoms with Gasteiger partial charge < -0.3 is 9.47 Å². The van der Waals surface area contributed by atoms with Crippen molar-refractivity contribution in [3.63, 3.8) is 0 Å². The van der Waals surface area contributed by atoms with E-state index >= 15 is 0 Å². The number of esters is 2. The van der Waals surface area contributed by atoms with E-state index in [0.717, 1.165) is 36.1 Å². The molecule has 1 N–H and O–H groups in total. The maximum Gasteiger partial charge on any atom is 0.326 e. The number of amides is 1. The van der Waals surface area contributed by atoms with E-state index < -0.39 is 29.6 Å². The third kappa shape index (κ3) is 11.0. The van der Waals surface area contributed by atoms with Gasteiger partial charge in [-0.25, -0.2) is 9.86 Å². The van der Waals surface area contributed by atoms with Gasteiger partial charge in [-0.2, -0.15) is 0 Å². The lowest BCUT2D eigenvalue weighted by atomic mass is 9.90. The van der Waals surface area contributed by atoms with E-state index in [1.807, 2.05) is 54.6 Å². The average molecular weight is 666 g/mol. The number of carbonyl (C=O) groups excluding carboxylic acids is 4. The van der Waals surface area contributed by atoms with Gasteiger partial charge in [-0.15, -0.1) is 11.8 Å². The molecule has 3 atom stereocenters. The highest BCUT2D eigenvalue weighted by atomic mass is 32.2. The highest BCUT2D eigenvalue weighted by molar-refractivity contribution is 7.99. The first-order valence-electron chi connectivity index (χ1n) is 16.4. The number of anilines is 1. The fourth-order valence-electron chi connectivity index (χ4n) is 5.80. The van der Waals surface area contributed by atoms with Crippen LogP contribution >= 0.6 is 11.8 Å². The van der Waals surface area contributed by atoms with Crippen LogP contribution < -0.4 is 10.2 Å². The van der Waals surface area contributed by atoms with Gasteiger partial charge in [-0.05, 0) is 70.6 Å². The molecule has 1 unspecified atom stereocenters. The molecule has 4 rings (SSSR count). The van der Waals surface area contributed by atoms with Gasteiger partial charge in [0.05, 0.1) is 24.9 Å². The molecule has 0 bridgehead atoms. The van der Waals surface area contributed by atoms with Crippen molar-refractivity contribution in [2.75, 3.05) is 30.3 Å². The maximum absolute atomic E-state index is 13.9. The molecule has 0 spiro atoms. The molecule has 2 heterocycles. The SMILES string of the molecule is CCOC(=O)[C@@H](CCCCC1CCN(OCc2ccccc2)C(=C=O)C1)N[C@H]1CSc2ccccc2N(CC(=O)OC(C)(C)C)C1=O. The van der Waals surface area contributed by atoms with E-state index in [1.54, 1.807) is 32.8 Å². The minimum Gasteiger partial charge on any atom is -0.465 e. The Morgan fingerprint density at radius 3 is 2.55 bits per heavy atom. The summed E-state index contributed by atoms with van der Waals surface area (Å²) in [7, 11) is 0. The molecule has 2 aliphatic rings. The van der Waals surface area contributed by atoms with E-state index in [2.05, 4.69) is 11.3 Å². The van der Waals surface area contributed by atoms with E-state index in [-0.39, 0.29) is 19.1 Å². The Bertz CT molecular complexity index is 1410. The number of fused-ring (bicyclic) bond motifs is 1. The molecule has 0 saturated carbocycles. The fraction of sp³-hybridized carbons (Fsp3) is 0.528. The Morgan fingerprint density at radius 1 is 1.09 bits per heavy atom. The minimum atomic E-state index is -0.718. The highest BCUT2D eigenvalue weighted by Gasteiger charge is 2.36. The lowest BCUT2D eigenvalue weighted by Crippen LogP contribution is -2.54. The number of para-hydroxylation sites is 1. The predicted octanol–water partition coefficient (Wildman–Crippen LogP) is 5.48. The van der Waals surface area contributed by atoms with Crippen molar-refractivity contribution in [3.05, 3.63) is 65.9 Å². The Kier molecular flexibility index (Phi) is 13.5. The van der Waals surface area contributed by atoms with Gasteiger partial charge in [-0.3, -0.25) is 29.4 Å². The number of rotatable bonds is 14. The monoisotopic (exact) mass is 665 g/mol. The molecule has 1 amide bonds. The number of benzene rings is 2. The molecule has 2 aromatic carbocycles. The molecule has 2 aliphatic heterocycles. The Hall–Kier alpha value is -3.63. The molecular formula is C36H47N3O7S. The summed E-state index contributed by atoms with van der Waals surface area (Å²) < 4.78 is 10.9. The average Bonchev–Trinajstić information content (AvgIpc) is 3.17. The van der Waals surface area contributed by atoms with Crippen molar-refractivity contribution >= 4 is 41.2 Å². The molecule has 254 valence electrons. The van der Waals surface area contributed by atoms with Crippen molar-refractivity contribution < 1.29 is 33.5 Å². The summed E-state index contributed by atoms with van der Waals surface area (Å²) in [5.74, 6) is 1.58. The molecule has 10 nitrogen and oxygen atoms in total. The van der Waals surface area contributed by atoms with Gasteiger partial charge in [0.2, 0.25) is 5.91 Å². The molecule has 1 saturated heterocycles. The largest absolute Gasteiger partial charge is 0.465 e. The summed E-state index contributed by atoms with van der Waals surface area (Å²) in [6.07, 6.45) is 4.45. The van der Waals surface area contributed by atoms with Gasteiger partial charge >= 0.3 is 11.9 Å². The van der Waals surface area contributed by atoms with E-state index in [1.165, 1.54) is 16.7 Å². The molecule has 2 aromatic rings.